The molecule has 1 N–H and O–H groups in total. The van der Waals surface area contributed by atoms with Crippen molar-refractivity contribution in [2.45, 2.75) is 19.8 Å². The van der Waals surface area contributed by atoms with Gasteiger partial charge in [-0.1, -0.05) is 15.9 Å². The van der Waals surface area contributed by atoms with Crippen LogP contribution in [0.25, 0.3) is 0 Å². The SMILES string of the molecule is CC(=O)N1CCc2cc(N3C[C@H](C(=O)Nc4ccc(Br)cc4)CC3=O)ccc21. The highest BCUT2D eigenvalue weighted by atomic mass is 79.9. The maximum atomic E-state index is 12.6. The number of benzene rings is 2. The molecule has 28 heavy (non-hydrogen) atoms. The Morgan fingerprint density at radius 2 is 1.89 bits per heavy atom. The van der Waals surface area contributed by atoms with Crippen LogP contribution in [0.15, 0.2) is 46.9 Å². The second-order valence-corrected chi connectivity index (χ2v) is 8.05. The molecule has 2 aromatic rings. The van der Waals surface area contributed by atoms with Gasteiger partial charge in [-0.2, -0.15) is 0 Å². The van der Waals surface area contributed by atoms with Crippen molar-refractivity contribution in [2.24, 2.45) is 5.92 Å². The van der Waals surface area contributed by atoms with E-state index in [1.807, 2.05) is 42.5 Å². The number of nitrogens with zero attached hydrogens (tertiary/aromatic N) is 2. The minimum atomic E-state index is -0.391. The zero-order valence-corrected chi connectivity index (χ0v) is 17.0. The van der Waals surface area contributed by atoms with Crippen LogP contribution in [-0.2, 0) is 20.8 Å². The predicted octanol–water partition coefficient (Wildman–Crippen LogP) is 3.35. The third-order valence-corrected chi connectivity index (χ3v) is 5.79. The van der Waals surface area contributed by atoms with Gasteiger partial charge in [0.1, 0.15) is 0 Å². The third kappa shape index (κ3) is 3.54. The van der Waals surface area contributed by atoms with E-state index in [9.17, 15) is 14.4 Å². The number of hydrogen-bond donors (Lipinski definition) is 1. The van der Waals surface area contributed by atoms with Crippen LogP contribution in [0.4, 0.5) is 17.1 Å². The van der Waals surface area contributed by atoms with Gasteiger partial charge in [-0.25, -0.2) is 0 Å². The van der Waals surface area contributed by atoms with Crippen molar-refractivity contribution in [3.63, 3.8) is 0 Å². The lowest BCUT2D eigenvalue weighted by Crippen LogP contribution is -2.28. The van der Waals surface area contributed by atoms with Gasteiger partial charge in [0.25, 0.3) is 0 Å². The van der Waals surface area contributed by atoms with Gasteiger partial charge in [-0.3, -0.25) is 14.4 Å². The smallest absolute Gasteiger partial charge is 0.229 e. The molecule has 2 heterocycles. The van der Waals surface area contributed by atoms with Gasteiger partial charge in [0, 0.05) is 48.0 Å². The van der Waals surface area contributed by atoms with E-state index in [1.54, 1.807) is 16.7 Å². The number of nitrogens with one attached hydrogen (secondary N) is 1. The Kier molecular flexibility index (Phi) is 4.93. The lowest BCUT2D eigenvalue weighted by molar-refractivity contribution is -0.122. The fraction of sp³-hybridized carbons (Fsp3) is 0.286. The summed E-state index contributed by atoms with van der Waals surface area (Å²) in [5.41, 5.74) is 3.46. The van der Waals surface area contributed by atoms with Gasteiger partial charge in [-0.15, -0.1) is 0 Å². The van der Waals surface area contributed by atoms with E-state index >= 15 is 0 Å². The summed E-state index contributed by atoms with van der Waals surface area (Å²) in [7, 11) is 0. The molecule has 0 aromatic heterocycles. The zero-order valence-electron chi connectivity index (χ0n) is 15.4. The molecule has 7 heteroatoms. The Labute approximate surface area is 171 Å². The van der Waals surface area contributed by atoms with Crippen molar-refractivity contribution < 1.29 is 14.4 Å². The summed E-state index contributed by atoms with van der Waals surface area (Å²) in [6.45, 7) is 2.58. The van der Waals surface area contributed by atoms with E-state index in [0.717, 1.165) is 27.8 Å². The summed E-state index contributed by atoms with van der Waals surface area (Å²) in [6, 6.07) is 13.1. The second-order valence-electron chi connectivity index (χ2n) is 7.14. The molecular formula is C21H20BrN3O3. The summed E-state index contributed by atoms with van der Waals surface area (Å²) in [6.07, 6.45) is 0.970. The van der Waals surface area contributed by atoms with Crippen molar-refractivity contribution in [3.05, 3.63) is 52.5 Å². The molecular weight excluding hydrogens is 422 g/mol. The molecule has 3 amide bonds. The zero-order chi connectivity index (χ0) is 19.8. The number of carbonyl (C=O) groups excluding carboxylic acids is 3. The topological polar surface area (TPSA) is 69.7 Å². The minimum Gasteiger partial charge on any atom is -0.326 e. The van der Waals surface area contributed by atoms with Crippen molar-refractivity contribution in [3.8, 4) is 0 Å². The van der Waals surface area contributed by atoms with E-state index in [0.29, 0.717) is 18.8 Å². The van der Waals surface area contributed by atoms with E-state index < -0.39 is 5.92 Å². The van der Waals surface area contributed by atoms with Crippen LogP contribution in [0.5, 0.6) is 0 Å². The molecule has 0 bridgehead atoms. The van der Waals surface area contributed by atoms with Gasteiger partial charge in [0.15, 0.2) is 0 Å². The number of hydrogen-bond acceptors (Lipinski definition) is 3. The van der Waals surface area contributed by atoms with Gasteiger partial charge in [-0.05, 0) is 54.4 Å². The molecule has 6 nitrogen and oxygen atoms in total. The fourth-order valence-electron chi connectivity index (χ4n) is 3.79. The molecule has 0 spiro atoms. The summed E-state index contributed by atoms with van der Waals surface area (Å²) >= 11 is 3.37. The Morgan fingerprint density at radius 3 is 2.61 bits per heavy atom. The minimum absolute atomic E-state index is 0.0217. The van der Waals surface area contributed by atoms with Gasteiger partial charge in [0.2, 0.25) is 17.7 Å². The summed E-state index contributed by atoms with van der Waals surface area (Å²) < 4.78 is 0.938. The Bertz CT molecular complexity index is 958. The number of halogens is 1. The normalized spacial score (nSPS) is 18.4. The molecule has 144 valence electrons. The molecule has 4 rings (SSSR count). The molecule has 0 unspecified atom stereocenters. The lowest BCUT2D eigenvalue weighted by atomic mass is 10.1. The van der Waals surface area contributed by atoms with E-state index in [1.165, 1.54) is 0 Å². The Balaban J connectivity index is 1.47. The van der Waals surface area contributed by atoms with Crippen LogP contribution in [0, 0.1) is 5.92 Å². The highest BCUT2D eigenvalue weighted by Crippen LogP contribution is 2.34. The molecule has 0 aliphatic carbocycles. The van der Waals surface area contributed by atoms with Crippen LogP contribution >= 0.6 is 15.9 Å². The summed E-state index contributed by atoms with van der Waals surface area (Å²) in [5, 5.41) is 2.88. The first-order valence-corrected chi connectivity index (χ1v) is 9.99. The van der Waals surface area contributed by atoms with Crippen LogP contribution < -0.4 is 15.1 Å². The number of carbonyl (C=O) groups is 3. The van der Waals surface area contributed by atoms with E-state index in [4.69, 9.17) is 0 Å². The molecule has 1 fully saturated rings. The number of amides is 3. The molecule has 2 aromatic carbocycles. The molecule has 1 atom stereocenters. The molecule has 1 saturated heterocycles. The predicted molar refractivity (Wildman–Crippen MR) is 111 cm³/mol. The number of rotatable bonds is 3. The highest BCUT2D eigenvalue weighted by molar-refractivity contribution is 9.10. The average molecular weight is 442 g/mol. The maximum Gasteiger partial charge on any atom is 0.229 e. The molecule has 0 saturated carbocycles. The third-order valence-electron chi connectivity index (χ3n) is 5.26. The second kappa shape index (κ2) is 7.39. The summed E-state index contributed by atoms with van der Waals surface area (Å²) in [4.78, 5) is 40.2. The van der Waals surface area contributed by atoms with Crippen LogP contribution in [0.3, 0.4) is 0 Å². The monoisotopic (exact) mass is 441 g/mol. The largest absolute Gasteiger partial charge is 0.326 e. The van der Waals surface area contributed by atoms with Crippen molar-refractivity contribution in [2.75, 3.05) is 28.2 Å². The Hall–Kier alpha value is -2.67. The standard InChI is InChI=1S/C21H20BrN3O3/c1-13(26)24-9-8-14-10-18(6-7-19(14)24)25-12-15(11-20(25)27)21(28)23-17-4-2-16(22)3-5-17/h2-7,10,15H,8-9,11-12H2,1H3,(H,23,28)/t15-/m1/s1. The average Bonchev–Trinajstić information content (AvgIpc) is 3.26. The molecule has 0 radical (unpaired) electrons. The van der Waals surface area contributed by atoms with Crippen LogP contribution in [0.1, 0.15) is 18.9 Å². The molecule has 2 aliphatic rings. The van der Waals surface area contributed by atoms with Crippen LogP contribution in [0.2, 0.25) is 0 Å². The van der Waals surface area contributed by atoms with Gasteiger partial charge in [0.05, 0.1) is 5.92 Å². The van der Waals surface area contributed by atoms with E-state index in [2.05, 4.69) is 21.2 Å². The Morgan fingerprint density at radius 1 is 1.14 bits per heavy atom. The summed E-state index contributed by atoms with van der Waals surface area (Å²) in [5.74, 6) is -0.578. The van der Waals surface area contributed by atoms with E-state index in [-0.39, 0.29) is 24.1 Å². The van der Waals surface area contributed by atoms with Crippen molar-refractivity contribution in [1.29, 1.82) is 0 Å². The van der Waals surface area contributed by atoms with Crippen molar-refractivity contribution >= 4 is 50.7 Å². The maximum absolute atomic E-state index is 12.6. The molecule has 2 aliphatic heterocycles. The highest BCUT2D eigenvalue weighted by Gasteiger charge is 2.36. The number of anilines is 3. The lowest BCUT2D eigenvalue weighted by Gasteiger charge is -2.19. The first-order chi connectivity index (χ1) is 13.4. The van der Waals surface area contributed by atoms with Crippen LogP contribution in [-0.4, -0.2) is 30.8 Å². The van der Waals surface area contributed by atoms with Gasteiger partial charge >= 0.3 is 0 Å². The first kappa shape index (κ1) is 18.7. The quantitative estimate of drug-likeness (QED) is 0.793. The fourth-order valence-corrected chi connectivity index (χ4v) is 4.06. The number of fused-ring (bicyclic) bond motifs is 1. The van der Waals surface area contributed by atoms with Crippen molar-refractivity contribution in [1.82, 2.24) is 0 Å². The first-order valence-electron chi connectivity index (χ1n) is 9.20. The van der Waals surface area contributed by atoms with Gasteiger partial charge < -0.3 is 15.1 Å².